The summed E-state index contributed by atoms with van der Waals surface area (Å²) in [4.78, 5) is 26.0. The highest BCUT2D eigenvalue weighted by atomic mass is 35.5. The number of hydrogen-bond donors (Lipinski definition) is 1. The monoisotopic (exact) mass is 390 g/mol. The fourth-order valence-corrected chi connectivity index (χ4v) is 3.76. The van der Waals surface area contributed by atoms with Crippen LogP contribution >= 0.6 is 23.2 Å². The van der Waals surface area contributed by atoms with Gasteiger partial charge in [0, 0.05) is 40.8 Å². The lowest BCUT2D eigenvalue weighted by Crippen LogP contribution is -2.24. The predicted octanol–water partition coefficient (Wildman–Crippen LogP) is 5.00. The molecule has 0 aromatic heterocycles. The van der Waals surface area contributed by atoms with E-state index in [2.05, 4.69) is 5.32 Å². The number of amides is 2. The Hall–Kier alpha value is -2.04. The number of hydrogen-bond acceptors (Lipinski definition) is 2. The molecule has 1 fully saturated rings. The maximum atomic E-state index is 12.3. The van der Waals surface area contributed by atoms with Gasteiger partial charge in [-0.15, -0.1) is 0 Å². The third-order valence-corrected chi connectivity index (χ3v) is 5.22. The maximum Gasteiger partial charge on any atom is 0.227 e. The van der Waals surface area contributed by atoms with Crippen LogP contribution in [0.5, 0.6) is 0 Å². The van der Waals surface area contributed by atoms with Crippen LogP contribution in [-0.4, -0.2) is 18.4 Å². The molecule has 2 aromatic rings. The molecule has 136 valence electrons. The van der Waals surface area contributed by atoms with E-state index >= 15 is 0 Å². The highest BCUT2D eigenvalue weighted by Crippen LogP contribution is 2.28. The molecule has 0 radical (unpaired) electrons. The lowest BCUT2D eigenvalue weighted by atomic mass is 10.1. The van der Waals surface area contributed by atoms with Crippen molar-refractivity contribution in [2.45, 2.75) is 32.6 Å². The minimum absolute atomic E-state index is 0.106. The first kappa shape index (κ1) is 18.7. The molecule has 1 heterocycles. The molecule has 0 aliphatic carbocycles. The highest BCUT2D eigenvalue weighted by Gasteiger charge is 2.23. The van der Waals surface area contributed by atoms with Crippen molar-refractivity contribution in [3.63, 3.8) is 0 Å². The van der Waals surface area contributed by atoms with Crippen molar-refractivity contribution in [2.24, 2.45) is 0 Å². The van der Waals surface area contributed by atoms with Gasteiger partial charge >= 0.3 is 0 Å². The van der Waals surface area contributed by atoms with Crippen LogP contribution in [0.25, 0.3) is 0 Å². The van der Waals surface area contributed by atoms with Crippen molar-refractivity contribution in [1.82, 2.24) is 0 Å². The van der Waals surface area contributed by atoms with Crippen LogP contribution in [0.4, 0.5) is 11.4 Å². The second kappa shape index (κ2) is 8.11. The molecule has 0 saturated carbocycles. The van der Waals surface area contributed by atoms with Gasteiger partial charge < -0.3 is 10.2 Å². The zero-order valence-electron chi connectivity index (χ0n) is 14.5. The van der Waals surface area contributed by atoms with Gasteiger partial charge in [-0.25, -0.2) is 0 Å². The Labute approximate surface area is 163 Å². The van der Waals surface area contributed by atoms with Crippen LogP contribution in [0.1, 0.15) is 30.4 Å². The molecule has 0 spiro atoms. The van der Waals surface area contributed by atoms with Gasteiger partial charge in [0.15, 0.2) is 0 Å². The van der Waals surface area contributed by atoms with Crippen molar-refractivity contribution in [3.05, 3.63) is 57.6 Å². The summed E-state index contributed by atoms with van der Waals surface area (Å²) >= 11 is 12.3. The van der Waals surface area contributed by atoms with Crippen molar-refractivity contribution < 1.29 is 9.59 Å². The third kappa shape index (κ3) is 4.19. The number of nitrogens with zero attached hydrogens (tertiary/aromatic N) is 1. The average Bonchev–Trinajstić information content (AvgIpc) is 3.00. The third-order valence-electron chi connectivity index (χ3n) is 4.51. The van der Waals surface area contributed by atoms with Gasteiger partial charge in [0.1, 0.15) is 0 Å². The minimum atomic E-state index is -0.106. The quantitative estimate of drug-likeness (QED) is 0.780. The van der Waals surface area contributed by atoms with Crippen LogP contribution in [0, 0.1) is 6.92 Å². The summed E-state index contributed by atoms with van der Waals surface area (Å²) in [5.74, 6) is 0.0480. The zero-order chi connectivity index (χ0) is 18.7. The Morgan fingerprint density at radius 3 is 2.54 bits per heavy atom. The number of carbonyl (C=O) groups excluding carboxylic acids is 2. The molecule has 0 bridgehead atoms. The molecule has 1 saturated heterocycles. The lowest BCUT2D eigenvalue weighted by Gasteiger charge is -2.19. The molecule has 2 amide bonds. The maximum absolute atomic E-state index is 12.3. The molecule has 0 atom stereocenters. The first-order chi connectivity index (χ1) is 12.5. The number of halogens is 2. The van der Waals surface area contributed by atoms with Gasteiger partial charge in [0.05, 0.1) is 0 Å². The highest BCUT2D eigenvalue weighted by molar-refractivity contribution is 6.36. The second-order valence-corrected chi connectivity index (χ2v) is 7.21. The Bertz CT molecular complexity index is 831. The van der Waals surface area contributed by atoms with Crippen LogP contribution in [-0.2, 0) is 16.0 Å². The Balaban J connectivity index is 1.63. The second-order valence-electron chi connectivity index (χ2n) is 6.40. The first-order valence-corrected chi connectivity index (χ1v) is 9.35. The Morgan fingerprint density at radius 2 is 1.92 bits per heavy atom. The van der Waals surface area contributed by atoms with E-state index in [9.17, 15) is 9.59 Å². The van der Waals surface area contributed by atoms with Gasteiger partial charge in [-0.1, -0.05) is 29.3 Å². The largest absolute Gasteiger partial charge is 0.326 e. The van der Waals surface area contributed by atoms with Gasteiger partial charge in [-0.05, 0) is 61.2 Å². The number of nitrogens with one attached hydrogen (secondary N) is 1. The summed E-state index contributed by atoms with van der Waals surface area (Å²) in [5, 5.41) is 4.03. The number of benzene rings is 2. The fourth-order valence-electron chi connectivity index (χ4n) is 3.17. The van der Waals surface area contributed by atoms with E-state index in [0.29, 0.717) is 28.6 Å². The lowest BCUT2D eigenvalue weighted by molar-refractivity contribution is -0.117. The van der Waals surface area contributed by atoms with Gasteiger partial charge in [-0.3, -0.25) is 9.59 Å². The molecule has 0 unspecified atom stereocenters. The fraction of sp³-hybridized carbons (Fsp3) is 0.300. The van der Waals surface area contributed by atoms with Crippen LogP contribution < -0.4 is 10.2 Å². The van der Waals surface area contributed by atoms with Crippen molar-refractivity contribution in [1.29, 1.82) is 0 Å². The average molecular weight is 391 g/mol. The molecule has 2 aromatic carbocycles. The molecule has 1 N–H and O–H groups in total. The predicted molar refractivity (Wildman–Crippen MR) is 106 cm³/mol. The molecular formula is C20H20Cl2N2O2. The van der Waals surface area contributed by atoms with Crippen molar-refractivity contribution in [2.75, 3.05) is 16.8 Å². The summed E-state index contributed by atoms with van der Waals surface area (Å²) < 4.78 is 0. The smallest absolute Gasteiger partial charge is 0.227 e. The topological polar surface area (TPSA) is 49.4 Å². The standard InChI is InChI=1S/C20H20Cl2N2O2/c1-13-12-14(7-9-18(13)24-11-3-6-20(24)26)23-19(25)10-8-15-16(21)4-2-5-17(15)22/h2,4-5,7,9,12H,3,6,8,10-11H2,1H3,(H,23,25). The van der Waals surface area contributed by atoms with E-state index in [0.717, 1.165) is 29.8 Å². The summed E-state index contributed by atoms with van der Waals surface area (Å²) in [6, 6.07) is 10.9. The van der Waals surface area contributed by atoms with Crippen LogP contribution in [0.2, 0.25) is 10.0 Å². The Morgan fingerprint density at radius 1 is 1.19 bits per heavy atom. The number of carbonyl (C=O) groups is 2. The summed E-state index contributed by atoms with van der Waals surface area (Å²) in [5.41, 5.74) is 3.37. The normalized spacial score (nSPS) is 14.0. The van der Waals surface area contributed by atoms with Gasteiger partial charge in [0.2, 0.25) is 11.8 Å². The van der Waals surface area contributed by atoms with Gasteiger partial charge in [0.25, 0.3) is 0 Å². The van der Waals surface area contributed by atoms with E-state index in [1.165, 1.54) is 0 Å². The molecule has 26 heavy (non-hydrogen) atoms. The Kier molecular flexibility index (Phi) is 5.84. The van der Waals surface area contributed by atoms with Crippen molar-refractivity contribution in [3.8, 4) is 0 Å². The molecule has 1 aliphatic heterocycles. The molecule has 4 nitrogen and oxygen atoms in total. The minimum Gasteiger partial charge on any atom is -0.326 e. The summed E-state index contributed by atoms with van der Waals surface area (Å²) in [6.07, 6.45) is 2.25. The van der Waals surface area contributed by atoms with Crippen LogP contribution in [0.15, 0.2) is 36.4 Å². The SMILES string of the molecule is Cc1cc(NC(=O)CCc2c(Cl)cccc2Cl)ccc1N1CCCC1=O. The number of aryl methyl sites for hydroxylation is 1. The van der Waals surface area contributed by atoms with Gasteiger partial charge in [-0.2, -0.15) is 0 Å². The number of anilines is 2. The molecular weight excluding hydrogens is 371 g/mol. The molecule has 1 aliphatic rings. The van der Waals surface area contributed by atoms with E-state index in [-0.39, 0.29) is 18.2 Å². The van der Waals surface area contributed by atoms with Crippen molar-refractivity contribution >= 4 is 46.4 Å². The summed E-state index contributed by atoms with van der Waals surface area (Å²) in [7, 11) is 0. The van der Waals surface area contributed by atoms with E-state index in [4.69, 9.17) is 23.2 Å². The van der Waals surface area contributed by atoms with E-state index < -0.39 is 0 Å². The molecule has 6 heteroatoms. The molecule has 3 rings (SSSR count). The zero-order valence-corrected chi connectivity index (χ0v) is 16.0. The number of rotatable bonds is 5. The van der Waals surface area contributed by atoms with E-state index in [1.807, 2.05) is 25.1 Å². The summed E-state index contributed by atoms with van der Waals surface area (Å²) in [6.45, 7) is 2.70. The van der Waals surface area contributed by atoms with Crippen LogP contribution in [0.3, 0.4) is 0 Å². The first-order valence-electron chi connectivity index (χ1n) is 8.59. The van der Waals surface area contributed by atoms with E-state index in [1.54, 1.807) is 23.1 Å².